The van der Waals surface area contributed by atoms with Crippen LogP contribution in [0.2, 0.25) is 0 Å². The first-order valence-corrected chi connectivity index (χ1v) is 24.1. The number of benzene rings is 10. The molecule has 7 heteroatoms. The van der Waals surface area contributed by atoms with Gasteiger partial charge < -0.3 is 13.3 Å². The van der Waals surface area contributed by atoms with Crippen LogP contribution in [0.3, 0.4) is 0 Å². The number of hydrogen-bond acceptors (Lipinski definition) is 7. The number of nitrogens with zero attached hydrogens (tertiary/aromatic N) is 3. The van der Waals surface area contributed by atoms with E-state index in [2.05, 4.69) is 140 Å². The third-order valence-corrected chi connectivity index (χ3v) is 14.9. The molecule has 0 saturated carbocycles. The SMILES string of the molecule is c1ccc(-c2nc(-c3ccc(-c4cccc5c4oc4ccccc45)cc3)nc(-c3cccc4oc5ccc(-c6c(-c7ccc8c(c7)sc7ccccc78)ccc7oc8ccccc8c67)cc5c34)n2)cc1. The van der Waals surface area contributed by atoms with Crippen LogP contribution < -0.4 is 0 Å². The van der Waals surface area contributed by atoms with E-state index in [1.165, 1.54) is 20.2 Å². The van der Waals surface area contributed by atoms with Crippen molar-refractivity contribution in [3.63, 3.8) is 0 Å². The summed E-state index contributed by atoms with van der Waals surface area (Å²) < 4.78 is 22.2. The van der Waals surface area contributed by atoms with Gasteiger partial charge in [-0.05, 0) is 70.8 Å². The molecule has 15 aromatic rings. The van der Waals surface area contributed by atoms with Crippen molar-refractivity contribution in [1.82, 2.24) is 15.0 Å². The predicted molar refractivity (Wildman–Crippen MR) is 287 cm³/mol. The van der Waals surface area contributed by atoms with Gasteiger partial charge in [-0.2, -0.15) is 0 Å². The average molecular weight is 914 g/mol. The maximum Gasteiger partial charge on any atom is 0.164 e. The minimum Gasteiger partial charge on any atom is -0.456 e. The first-order valence-electron chi connectivity index (χ1n) is 23.3. The van der Waals surface area contributed by atoms with Crippen molar-refractivity contribution in [2.75, 3.05) is 0 Å². The summed E-state index contributed by atoms with van der Waals surface area (Å²) in [7, 11) is 0. The average Bonchev–Trinajstić information content (AvgIpc) is 4.20. The molecule has 0 saturated heterocycles. The molecule has 0 aliphatic rings. The molecular weight excluding hydrogens is 879 g/mol. The standard InChI is InChI=1S/C63H35N3O3S/c1-2-12-37(13-3-1)61-64-62(38-26-24-36(25-27-38)42-17-10-18-46-43-14-4-7-20-50(43)69-60(42)46)66-63(65-61)48-19-11-22-53-58(48)49-34-40(29-32-52(49)68-53)57-41(31-33-54-59(57)47-16-5-8-21-51(47)67-54)39-28-30-45-44-15-6-9-23-55(44)70-56(45)35-39/h1-35H. The Morgan fingerprint density at radius 1 is 0.286 bits per heavy atom. The van der Waals surface area contributed by atoms with E-state index in [1.807, 2.05) is 84.1 Å². The molecule has 6 nitrogen and oxygen atoms in total. The third-order valence-electron chi connectivity index (χ3n) is 13.8. The zero-order valence-electron chi connectivity index (χ0n) is 37.2. The lowest BCUT2D eigenvalue weighted by atomic mass is 9.89. The molecular formula is C63H35N3O3S. The maximum absolute atomic E-state index is 6.68. The lowest BCUT2D eigenvalue weighted by Gasteiger charge is -2.13. The molecule has 0 fully saturated rings. The van der Waals surface area contributed by atoms with Crippen molar-refractivity contribution in [3.05, 3.63) is 212 Å². The summed E-state index contributed by atoms with van der Waals surface area (Å²) in [4.78, 5) is 15.6. The molecule has 0 N–H and O–H groups in total. The number of thiophene rings is 1. The Bertz CT molecular complexity index is 4600. The van der Waals surface area contributed by atoms with Gasteiger partial charge in [0.05, 0.1) is 0 Å². The molecule has 0 aliphatic heterocycles. The van der Waals surface area contributed by atoms with Crippen LogP contribution in [0.5, 0.6) is 0 Å². The quantitative estimate of drug-likeness (QED) is 0.165. The van der Waals surface area contributed by atoms with Gasteiger partial charge in [0.25, 0.3) is 0 Å². The normalized spacial score (nSPS) is 12.0. The Balaban J connectivity index is 0.908. The van der Waals surface area contributed by atoms with Crippen molar-refractivity contribution >= 4 is 97.3 Å². The highest BCUT2D eigenvalue weighted by atomic mass is 32.1. The number of para-hydroxylation sites is 3. The van der Waals surface area contributed by atoms with E-state index in [-0.39, 0.29) is 0 Å². The molecule has 15 rings (SSSR count). The molecule has 0 radical (unpaired) electrons. The van der Waals surface area contributed by atoms with Crippen LogP contribution in [0.1, 0.15) is 0 Å². The van der Waals surface area contributed by atoms with E-state index < -0.39 is 0 Å². The van der Waals surface area contributed by atoms with E-state index in [9.17, 15) is 0 Å². The second-order valence-corrected chi connectivity index (χ2v) is 18.9. The number of rotatable bonds is 6. The van der Waals surface area contributed by atoms with Crippen LogP contribution in [-0.2, 0) is 0 Å². The van der Waals surface area contributed by atoms with Crippen LogP contribution >= 0.6 is 11.3 Å². The summed E-state index contributed by atoms with van der Waals surface area (Å²) in [6, 6.07) is 73.8. The molecule has 5 aromatic heterocycles. The summed E-state index contributed by atoms with van der Waals surface area (Å²) in [5.74, 6) is 1.71. The fourth-order valence-electron chi connectivity index (χ4n) is 10.5. The highest BCUT2D eigenvalue weighted by molar-refractivity contribution is 7.25. The van der Waals surface area contributed by atoms with Crippen molar-refractivity contribution in [2.24, 2.45) is 0 Å². The van der Waals surface area contributed by atoms with Crippen molar-refractivity contribution in [1.29, 1.82) is 0 Å². The first-order chi connectivity index (χ1) is 34.7. The summed E-state index contributed by atoms with van der Waals surface area (Å²) in [5.41, 5.74) is 14.1. The van der Waals surface area contributed by atoms with E-state index in [0.717, 1.165) is 116 Å². The topological polar surface area (TPSA) is 78.1 Å². The third kappa shape index (κ3) is 6.02. The van der Waals surface area contributed by atoms with Crippen LogP contribution in [0.4, 0.5) is 0 Å². The van der Waals surface area contributed by atoms with Gasteiger partial charge in [0.1, 0.15) is 33.5 Å². The molecule has 10 aromatic carbocycles. The van der Waals surface area contributed by atoms with Crippen molar-refractivity contribution in [3.8, 4) is 67.5 Å². The Kier molecular flexibility index (Phi) is 8.43. The summed E-state index contributed by atoms with van der Waals surface area (Å²) in [6.45, 7) is 0. The second kappa shape index (κ2) is 15.2. The van der Waals surface area contributed by atoms with E-state index in [1.54, 1.807) is 0 Å². The van der Waals surface area contributed by atoms with Crippen LogP contribution in [0.25, 0.3) is 154 Å². The van der Waals surface area contributed by atoms with Gasteiger partial charge in [0.15, 0.2) is 17.5 Å². The van der Waals surface area contributed by atoms with E-state index in [4.69, 9.17) is 28.2 Å². The smallest absolute Gasteiger partial charge is 0.164 e. The van der Waals surface area contributed by atoms with Gasteiger partial charge >= 0.3 is 0 Å². The molecule has 0 aliphatic carbocycles. The molecule has 0 bridgehead atoms. The largest absolute Gasteiger partial charge is 0.456 e. The summed E-state index contributed by atoms with van der Waals surface area (Å²) >= 11 is 1.83. The van der Waals surface area contributed by atoms with Crippen LogP contribution in [0, 0.1) is 0 Å². The Hall–Kier alpha value is -9.17. The lowest BCUT2D eigenvalue weighted by Crippen LogP contribution is -2.00. The fraction of sp³-hybridized carbons (Fsp3) is 0. The fourth-order valence-corrected chi connectivity index (χ4v) is 11.7. The van der Waals surface area contributed by atoms with Gasteiger partial charge in [0, 0.05) is 80.3 Å². The zero-order chi connectivity index (χ0) is 45.9. The van der Waals surface area contributed by atoms with Crippen molar-refractivity contribution < 1.29 is 13.3 Å². The van der Waals surface area contributed by atoms with E-state index in [0.29, 0.717) is 17.5 Å². The molecule has 5 heterocycles. The Morgan fingerprint density at radius 3 is 1.70 bits per heavy atom. The highest BCUT2D eigenvalue weighted by Crippen LogP contribution is 2.47. The monoisotopic (exact) mass is 913 g/mol. The molecule has 0 atom stereocenters. The van der Waals surface area contributed by atoms with Crippen LogP contribution in [-0.4, -0.2) is 15.0 Å². The Morgan fingerprint density at radius 2 is 0.857 bits per heavy atom. The van der Waals surface area contributed by atoms with Crippen LogP contribution in [0.15, 0.2) is 226 Å². The minimum atomic E-state index is 0.555. The molecule has 0 amide bonds. The summed E-state index contributed by atoms with van der Waals surface area (Å²) in [5, 5.41) is 8.79. The van der Waals surface area contributed by atoms with Gasteiger partial charge in [-0.1, -0.05) is 164 Å². The molecule has 326 valence electrons. The predicted octanol–water partition coefficient (Wildman–Crippen LogP) is 17.9. The molecule has 70 heavy (non-hydrogen) atoms. The lowest BCUT2D eigenvalue weighted by molar-refractivity contribution is 0.669. The highest BCUT2D eigenvalue weighted by Gasteiger charge is 2.23. The molecule has 0 unspecified atom stereocenters. The number of aromatic nitrogens is 3. The molecule has 0 spiro atoms. The summed E-state index contributed by atoms with van der Waals surface area (Å²) in [6.07, 6.45) is 0. The van der Waals surface area contributed by atoms with E-state index >= 15 is 0 Å². The van der Waals surface area contributed by atoms with Gasteiger partial charge in [-0.25, -0.2) is 15.0 Å². The van der Waals surface area contributed by atoms with Gasteiger partial charge in [-0.3, -0.25) is 0 Å². The Labute approximate surface area is 403 Å². The maximum atomic E-state index is 6.68. The second-order valence-electron chi connectivity index (χ2n) is 17.8. The minimum absolute atomic E-state index is 0.555. The zero-order valence-corrected chi connectivity index (χ0v) is 38.0. The number of furan rings is 3. The van der Waals surface area contributed by atoms with Gasteiger partial charge in [0.2, 0.25) is 0 Å². The van der Waals surface area contributed by atoms with Gasteiger partial charge in [-0.15, -0.1) is 11.3 Å². The number of hydrogen-bond donors (Lipinski definition) is 0. The first kappa shape index (κ1) is 38.9. The van der Waals surface area contributed by atoms with Crippen molar-refractivity contribution in [2.45, 2.75) is 0 Å². The number of fused-ring (bicyclic) bond motifs is 12.